The average Bonchev–Trinajstić information content (AvgIpc) is 3.06. The van der Waals surface area contributed by atoms with Gasteiger partial charge in [-0.2, -0.15) is 0 Å². The van der Waals surface area contributed by atoms with Gasteiger partial charge in [0.05, 0.1) is 11.4 Å². The Hall–Kier alpha value is -3.36. The number of aromatic nitrogens is 5. The molecule has 8 nitrogen and oxygen atoms in total. The molecule has 0 saturated heterocycles. The maximum atomic E-state index is 13.1. The first-order valence-corrected chi connectivity index (χ1v) is 8.50. The van der Waals surface area contributed by atoms with E-state index in [4.69, 9.17) is 4.74 Å². The number of benzene rings is 1. The highest BCUT2D eigenvalue weighted by Crippen LogP contribution is 2.15. The number of halogens is 1. The van der Waals surface area contributed by atoms with Gasteiger partial charge in [-0.05, 0) is 43.7 Å². The molecule has 0 bridgehead atoms. The minimum absolute atomic E-state index is 0.145. The second kappa shape index (κ2) is 8.35. The number of carbonyl (C=O) groups excluding carboxylic acids is 1. The monoisotopic (exact) mass is 370 g/mol. The average molecular weight is 370 g/mol. The summed E-state index contributed by atoms with van der Waals surface area (Å²) in [5.74, 6) is -0.328. The molecule has 0 atom stereocenters. The van der Waals surface area contributed by atoms with Gasteiger partial charge >= 0.3 is 0 Å². The molecule has 0 aliphatic carbocycles. The Labute approximate surface area is 155 Å². The van der Waals surface area contributed by atoms with Crippen LogP contribution in [0, 0.1) is 12.7 Å². The third-order valence-electron chi connectivity index (χ3n) is 3.79. The number of rotatable bonds is 7. The molecule has 3 rings (SSSR count). The van der Waals surface area contributed by atoms with Crippen molar-refractivity contribution in [3.8, 4) is 11.6 Å². The molecule has 0 saturated carbocycles. The maximum Gasteiger partial charge on any atom is 0.271 e. The first-order chi connectivity index (χ1) is 13.1. The molecule has 27 heavy (non-hydrogen) atoms. The summed E-state index contributed by atoms with van der Waals surface area (Å²) < 4.78 is 20.4. The Morgan fingerprint density at radius 2 is 1.93 bits per heavy atom. The summed E-state index contributed by atoms with van der Waals surface area (Å²) in [5.41, 5.74) is 2.28. The van der Waals surface area contributed by atoms with E-state index < -0.39 is 0 Å². The number of aryl methyl sites for hydroxylation is 1. The van der Waals surface area contributed by atoms with Crippen LogP contribution in [-0.4, -0.2) is 37.6 Å². The lowest BCUT2D eigenvalue weighted by atomic mass is 10.3. The molecule has 0 fully saturated rings. The molecule has 2 heterocycles. The maximum absolute atomic E-state index is 13.1. The largest absolute Gasteiger partial charge is 0.470 e. The van der Waals surface area contributed by atoms with Crippen LogP contribution in [0.3, 0.4) is 0 Å². The van der Waals surface area contributed by atoms with E-state index in [-0.39, 0.29) is 29.9 Å². The van der Waals surface area contributed by atoms with E-state index in [1.54, 1.807) is 35.9 Å². The third kappa shape index (κ3) is 4.43. The fourth-order valence-corrected chi connectivity index (χ4v) is 2.32. The lowest BCUT2D eigenvalue weighted by Crippen LogP contribution is -2.25. The van der Waals surface area contributed by atoms with Gasteiger partial charge in [0, 0.05) is 12.6 Å². The van der Waals surface area contributed by atoms with Crippen LogP contribution >= 0.6 is 0 Å². The lowest BCUT2D eigenvalue weighted by molar-refractivity contribution is 0.0947. The Kier molecular flexibility index (Phi) is 5.70. The van der Waals surface area contributed by atoms with Crippen LogP contribution in [0.15, 0.2) is 36.4 Å². The van der Waals surface area contributed by atoms with E-state index in [2.05, 4.69) is 25.8 Å². The van der Waals surface area contributed by atoms with Crippen molar-refractivity contribution in [1.29, 1.82) is 0 Å². The third-order valence-corrected chi connectivity index (χ3v) is 3.79. The highest BCUT2D eigenvalue weighted by Gasteiger charge is 2.13. The second-order valence-corrected chi connectivity index (χ2v) is 5.81. The Balaban J connectivity index is 1.69. The van der Waals surface area contributed by atoms with Crippen molar-refractivity contribution in [3.05, 3.63) is 59.3 Å². The van der Waals surface area contributed by atoms with Crippen molar-refractivity contribution < 1.29 is 13.9 Å². The molecule has 1 N–H and O–H groups in total. The molecular formula is C18H19FN6O2. The van der Waals surface area contributed by atoms with Crippen molar-refractivity contribution in [1.82, 2.24) is 30.5 Å². The van der Waals surface area contributed by atoms with Gasteiger partial charge in [-0.3, -0.25) is 4.79 Å². The summed E-state index contributed by atoms with van der Waals surface area (Å²) in [6.45, 7) is 4.50. The molecule has 9 heteroatoms. The van der Waals surface area contributed by atoms with Crippen LogP contribution in [0.1, 0.15) is 35.2 Å². The Morgan fingerprint density at radius 1 is 1.15 bits per heavy atom. The fraction of sp³-hybridized carbons (Fsp3) is 0.278. The number of amides is 1. The molecule has 3 aromatic rings. The smallest absolute Gasteiger partial charge is 0.271 e. The zero-order valence-corrected chi connectivity index (χ0v) is 15.0. The van der Waals surface area contributed by atoms with Crippen LogP contribution in [0.5, 0.6) is 5.88 Å². The second-order valence-electron chi connectivity index (χ2n) is 5.81. The summed E-state index contributed by atoms with van der Waals surface area (Å²) in [6, 6.07) is 9.05. The minimum Gasteiger partial charge on any atom is -0.470 e. The van der Waals surface area contributed by atoms with Crippen molar-refractivity contribution >= 4 is 5.91 Å². The first kappa shape index (κ1) is 18.4. The van der Waals surface area contributed by atoms with Crippen molar-refractivity contribution in [3.63, 3.8) is 0 Å². The molecular weight excluding hydrogens is 351 g/mol. The number of hydrogen-bond donors (Lipinski definition) is 1. The summed E-state index contributed by atoms with van der Waals surface area (Å²) in [4.78, 5) is 11.8. The van der Waals surface area contributed by atoms with E-state index in [1.807, 2.05) is 6.92 Å². The first-order valence-electron chi connectivity index (χ1n) is 8.50. The molecule has 0 unspecified atom stereocenters. The highest BCUT2D eigenvalue weighted by atomic mass is 19.1. The molecule has 0 aliphatic heterocycles. The van der Waals surface area contributed by atoms with Crippen LogP contribution in [0.25, 0.3) is 5.69 Å². The minimum atomic E-state index is -0.327. The van der Waals surface area contributed by atoms with Gasteiger partial charge in [0.1, 0.15) is 18.1 Å². The van der Waals surface area contributed by atoms with Gasteiger partial charge in [-0.1, -0.05) is 12.1 Å². The number of nitrogens with zero attached hydrogens (tertiary/aromatic N) is 5. The highest BCUT2D eigenvalue weighted by molar-refractivity contribution is 5.92. The van der Waals surface area contributed by atoms with Gasteiger partial charge in [0.25, 0.3) is 5.91 Å². The van der Waals surface area contributed by atoms with Crippen molar-refractivity contribution in [2.45, 2.75) is 26.9 Å². The standard InChI is InChI=1S/C18H19FN6O2/c1-3-10-20-18(26)15-8-9-17(23-22-15)27-11-16-12(2)21-24-25(16)14-6-4-13(19)5-7-14/h4-9H,3,10-11H2,1-2H3,(H,20,26). The van der Waals surface area contributed by atoms with Gasteiger partial charge in [0.15, 0.2) is 5.69 Å². The predicted molar refractivity (Wildman–Crippen MR) is 95.0 cm³/mol. The molecule has 1 aromatic carbocycles. The zero-order valence-electron chi connectivity index (χ0n) is 15.0. The molecule has 0 spiro atoms. The predicted octanol–water partition coefficient (Wildman–Crippen LogP) is 2.22. The molecule has 2 aromatic heterocycles. The topological polar surface area (TPSA) is 94.8 Å². The summed E-state index contributed by atoms with van der Waals surface area (Å²) in [5, 5.41) is 18.6. The van der Waals surface area contributed by atoms with Crippen molar-refractivity contribution in [2.75, 3.05) is 6.54 Å². The van der Waals surface area contributed by atoms with Crippen LogP contribution in [0.2, 0.25) is 0 Å². The Morgan fingerprint density at radius 3 is 2.59 bits per heavy atom. The van der Waals surface area contributed by atoms with Crippen molar-refractivity contribution in [2.24, 2.45) is 0 Å². The Bertz CT molecular complexity index is 909. The van der Waals surface area contributed by atoms with E-state index in [0.29, 0.717) is 23.6 Å². The van der Waals surface area contributed by atoms with Crippen LogP contribution in [-0.2, 0) is 6.61 Å². The zero-order chi connectivity index (χ0) is 19.2. The number of nitrogens with one attached hydrogen (secondary N) is 1. The summed E-state index contributed by atoms with van der Waals surface area (Å²) in [7, 11) is 0. The van der Waals surface area contributed by atoms with E-state index in [0.717, 1.165) is 6.42 Å². The quantitative estimate of drug-likeness (QED) is 0.685. The summed E-state index contributed by atoms with van der Waals surface area (Å²) >= 11 is 0. The van der Waals surface area contributed by atoms with E-state index >= 15 is 0 Å². The molecule has 0 aliphatic rings. The SMILES string of the molecule is CCCNC(=O)c1ccc(OCc2c(C)nnn2-c2ccc(F)cc2)nn1. The number of ether oxygens (including phenoxy) is 1. The normalized spacial score (nSPS) is 10.6. The summed E-state index contributed by atoms with van der Waals surface area (Å²) in [6.07, 6.45) is 0.843. The molecule has 140 valence electrons. The van der Waals surface area contributed by atoms with E-state index in [9.17, 15) is 9.18 Å². The van der Waals surface area contributed by atoms with Gasteiger partial charge in [-0.15, -0.1) is 15.3 Å². The number of carbonyl (C=O) groups is 1. The van der Waals surface area contributed by atoms with Crippen LogP contribution < -0.4 is 10.1 Å². The van der Waals surface area contributed by atoms with Crippen LogP contribution in [0.4, 0.5) is 4.39 Å². The molecule has 0 radical (unpaired) electrons. The lowest BCUT2D eigenvalue weighted by Gasteiger charge is -2.09. The number of hydrogen-bond acceptors (Lipinski definition) is 6. The van der Waals surface area contributed by atoms with Gasteiger partial charge < -0.3 is 10.1 Å². The van der Waals surface area contributed by atoms with Gasteiger partial charge in [0.2, 0.25) is 5.88 Å². The molecule has 1 amide bonds. The van der Waals surface area contributed by atoms with E-state index in [1.165, 1.54) is 12.1 Å². The van der Waals surface area contributed by atoms with Gasteiger partial charge in [-0.25, -0.2) is 9.07 Å². The fourth-order valence-electron chi connectivity index (χ4n) is 2.32.